The summed E-state index contributed by atoms with van der Waals surface area (Å²) in [5.74, 6) is 0. The fourth-order valence-corrected chi connectivity index (χ4v) is 10.9. The van der Waals surface area contributed by atoms with E-state index in [1.165, 1.54) is 138 Å². The Kier molecular flexibility index (Phi) is 18.2. The van der Waals surface area contributed by atoms with Gasteiger partial charge in [-0.3, -0.25) is 0 Å². The second-order valence-corrected chi connectivity index (χ2v) is 19.2. The highest BCUT2D eigenvalue weighted by Crippen LogP contribution is 2.39. The Labute approximate surface area is 353 Å². The van der Waals surface area contributed by atoms with Crippen molar-refractivity contribution in [1.82, 2.24) is 0 Å². The molecule has 0 N–H and O–H groups in total. The van der Waals surface area contributed by atoms with E-state index in [9.17, 15) is 0 Å². The van der Waals surface area contributed by atoms with Crippen molar-refractivity contribution >= 4 is 57.5 Å². The van der Waals surface area contributed by atoms with E-state index in [0.29, 0.717) is 0 Å². The Bertz CT molecular complexity index is 1840. The van der Waals surface area contributed by atoms with Gasteiger partial charge in [-0.2, -0.15) is 0 Å². The normalized spacial score (nSPS) is 11.7. The van der Waals surface area contributed by atoms with Crippen LogP contribution in [0.3, 0.4) is 0 Å². The zero-order valence-corrected chi connectivity index (χ0v) is 36.8. The third kappa shape index (κ3) is 13.8. The summed E-state index contributed by atoms with van der Waals surface area (Å²) in [7, 11) is 0. The van der Waals surface area contributed by atoms with E-state index >= 15 is 0 Å². The van der Waals surface area contributed by atoms with Crippen LogP contribution in [0.1, 0.15) is 112 Å². The van der Waals surface area contributed by atoms with Crippen molar-refractivity contribution in [3.8, 4) is 40.4 Å². The topological polar surface area (TPSA) is 18.5 Å². The van der Waals surface area contributed by atoms with Gasteiger partial charge in [-0.15, -0.1) is 45.3 Å². The number of hydrogen-bond donors (Lipinski definition) is 0. The highest BCUT2D eigenvalue weighted by atomic mass is 32.1. The maximum Gasteiger partial charge on any atom is 0.0514 e. The molecule has 0 fully saturated rings. The molecule has 6 aromatic rings. The number of benzene rings is 2. The van der Waals surface area contributed by atoms with Gasteiger partial charge in [-0.1, -0.05) is 139 Å². The Morgan fingerprint density at radius 3 is 1.14 bits per heavy atom. The van der Waals surface area contributed by atoms with Crippen molar-refractivity contribution in [2.75, 3.05) is 26.4 Å². The zero-order chi connectivity index (χ0) is 38.6. The Morgan fingerprint density at radius 1 is 0.357 bits per heavy atom. The molecule has 0 saturated heterocycles. The van der Waals surface area contributed by atoms with Gasteiger partial charge in [-0.25, -0.2) is 0 Å². The van der Waals surface area contributed by atoms with Crippen LogP contribution < -0.4 is 0 Å². The summed E-state index contributed by atoms with van der Waals surface area (Å²) in [5, 5.41) is 0. The van der Waals surface area contributed by atoms with Gasteiger partial charge < -0.3 is 9.47 Å². The number of hydrogen-bond acceptors (Lipinski definition) is 6. The molecule has 0 aliphatic carbocycles. The van der Waals surface area contributed by atoms with E-state index < -0.39 is 0 Å². The van der Waals surface area contributed by atoms with E-state index in [1.807, 2.05) is 45.3 Å². The summed E-state index contributed by atoms with van der Waals surface area (Å²) < 4.78 is 11.9. The molecule has 296 valence electrons. The molecule has 0 bridgehead atoms. The second kappa shape index (κ2) is 24.0. The molecule has 0 amide bonds. The molecule has 2 nitrogen and oxygen atoms in total. The number of thiophene rings is 4. The first-order chi connectivity index (χ1) is 27.7. The lowest BCUT2D eigenvalue weighted by Crippen LogP contribution is -1.99. The van der Waals surface area contributed by atoms with Gasteiger partial charge in [0.1, 0.15) is 0 Å². The summed E-state index contributed by atoms with van der Waals surface area (Å²) in [6.07, 6.45) is 22.1. The predicted octanol–water partition coefficient (Wildman–Crippen LogP) is 16.6. The van der Waals surface area contributed by atoms with Gasteiger partial charge in [0.15, 0.2) is 0 Å². The van der Waals surface area contributed by atoms with Crippen LogP contribution in [0.25, 0.3) is 52.5 Å². The molecule has 0 radical (unpaired) electrons. The molecule has 0 spiro atoms. The van der Waals surface area contributed by atoms with Crippen LogP contribution in [-0.4, -0.2) is 26.4 Å². The van der Waals surface area contributed by atoms with Gasteiger partial charge in [0.25, 0.3) is 0 Å². The Morgan fingerprint density at radius 2 is 0.714 bits per heavy atom. The van der Waals surface area contributed by atoms with Crippen LogP contribution in [0, 0.1) is 0 Å². The summed E-state index contributed by atoms with van der Waals surface area (Å²) in [4.78, 5) is 10.8. The lowest BCUT2D eigenvalue weighted by molar-refractivity contribution is 0.133. The molecular weight excluding hydrogens is 761 g/mol. The fourth-order valence-electron chi connectivity index (χ4n) is 6.77. The van der Waals surface area contributed by atoms with Crippen LogP contribution in [-0.2, 0) is 22.3 Å². The fraction of sp³-hybridized carbons (Fsp3) is 0.400. The molecule has 4 aromatic heterocycles. The maximum absolute atomic E-state index is 5.93. The largest absolute Gasteiger partial charge is 0.381 e. The highest BCUT2D eigenvalue weighted by molar-refractivity contribution is 7.24. The quantitative estimate of drug-likeness (QED) is 0.0401. The van der Waals surface area contributed by atoms with Crippen molar-refractivity contribution < 1.29 is 9.47 Å². The van der Waals surface area contributed by atoms with E-state index in [2.05, 4.69) is 123 Å². The monoisotopic (exact) mass is 820 g/mol. The summed E-state index contributed by atoms with van der Waals surface area (Å²) >= 11 is 7.56. The van der Waals surface area contributed by atoms with Crippen LogP contribution in [0.5, 0.6) is 0 Å². The zero-order valence-electron chi connectivity index (χ0n) is 33.6. The van der Waals surface area contributed by atoms with Crippen LogP contribution >= 0.6 is 45.3 Å². The number of unbranched alkanes of at least 4 members (excludes halogenated alkanes) is 10. The molecule has 6 rings (SSSR count). The van der Waals surface area contributed by atoms with Gasteiger partial charge in [0.05, 0.1) is 13.2 Å². The Hall–Kier alpha value is -3.10. The first-order valence-electron chi connectivity index (χ1n) is 21.1. The predicted molar refractivity (Wildman–Crippen MR) is 251 cm³/mol. The van der Waals surface area contributed by atoms with Gasteiger partial charge in [-0.05, 0) is 83.6 Å². The third-order valence-corrected chi connectivity index (χ3v) is 15.1. The third-order valence-electron chi connectivity index (χ3n) is 10.1. The second-order valence-electron chi connectivity index (χ2n) is 14.7. The molecule has 0 atom stereocenters. The van der Waals surface area contributed by atoms with Crippen molar-refractivity contribution in [2.24, 2.45) is 0 Å². The Balaban J connectivity index is 0.922. The first kappa shape index (κ1) is 42.5. The lowest BCUT2D eigenvalue weighted by atomic mass is 10.1. The standard InChI is InChI=1S/C50H60O2S4/c1-3-5-7-9-11-13-35-51-37-33-43-25-27-47(53-43)49-31-29-45(55-49)41-21-17-39(18-22-41)15-16-40-19-23-42(24-20-40)46-30-32-50(56-46)48-28-26-44(54-48)34-38-52-36-14-12-10-8-6-4-2/h15-32H,3-14,33-38H2,1-2H3. The van der Waals surface area contributed by atoms with Crippen LogP contribution in [0.15, 0.2) is 97.1 Å². The van der Waals surface area contributed by atoms with E-state index in [-0.39, 0.29) is 0 Å². The minimum Gasteiger partial charge on any atom is -0.381 e. The molecule has 0 aliphatic rings. The van der Waals surface area contributed by atoms with Gasteiger partial charge >= 0.3 is 0 Å². The van der Waals surface area contributed by atoms with Crippen molar-refractivity contribution in [1.29, 1.82) is 0 Å². The molecular formula is C50H60O2S4. The first-order valence-corrected chi connectivity index (χ1v) is 24.4. The van der Waals surface area contributed by atoms with Gasteiger partial charge in [0, 0.05) is 65.1 Å². The van der Waals surface area contributed by atoms with Crippen molar-refractivity contribution in [3.05, 3.63) is 118 Å². The highest BCUT2D eigenvalue weighted by Gasteiger charge is 2.10. The molecule has 4 heterocycles. The number of rotatable bonds is 26. The van der Waals surface area contributed by atoms with Crippen LogP contribution in [0.4, 0.5) is 0 Å². The van der Waals surface area contributed by atoms with Gasteiger partial charge in [0.2, 0.25) is 0 Å². The molecule has 56 heavy (non-hydrogen) atoms. The van der Waals surface area contributed by atoms with E-state index in [4.69, 9.17) is 9.47 Å². The minimum absolute atomic E-state index is 0.820. The molecule has 0 saturated carbocycles. The summed E-state index contributed by atoms with van der Waals surface area (Å²) in [6, 6.07) is 36.0. The summed E-state index contributed by atoms with van der Waals surface area (Å²) in [5.41, 5.74) is 4.95. The lowest BCUT2D eigenvalue weighted by Gasteiger charge is -2.03. The van der Waals surface area contributed by atoms with Crippen molar-refractivity contribution in [2.45, 2.75) is 104 Å². The van der Waals surface area contributed by atoms with Crippen molar-refractivity contribution in [3.63, 3.8) is 0 Å². The summed E-state index contributed by atoms with van der Waals surface area (Å²) in [6.45, 7) is 7.97. The number of ether oxygens (including phenoxy) is 2. The molecule has 0 unspecified atom stereocenters. The molecule has 6 heteroatoms. The van der Waals surface area contributed by atoms with E-state index in [0.717, 1.165) is 39.3 Å². The van der Waals surface area contributed by atoms with Crippen LogP contribution in [0.2, 0.25) is 0 Å². The van der Waals surface area contributed by atoms with E-state index in [1.54, 1.807) is 0 Å². The smallest absolute Gasteiger partial charge is 0.0514 e. The average Bonchev–Trinajstić information content (AvgIpc) is 4.07. The maximum atomic E-state index is 5.93. The molecule has 0 aliphatic heterocycles. The SMILES string of the molecule is CCCCCCCCOCCc1ccc(-c2ccc(-c3ccc(C=Cc4ccc(-c5ccc(-c6ccc(CCOCCCCCCCC)s6)s5)cc4)cc3)s2)s1. The average molecular weight is 821 g/mol. The minimum atomic E-state index is 0.820. The molecule has 2 aromatic carbocycles.